The summed E-state index contributed by atoms with van der Waals surface area (Å²) in [5, 5.41) is 14.0. The third-order valence-electron chi connectivity index (χ3n) is 16.9. The van der Waals surface area contributed by atoms with Crippen molar-refractivity contribution >= 4 is 13.7 Å². The first kappa shape index (κ1) is 80.0. The van der Waals surface area contributed by atoms with Crippen molar-refractivity contribution in [1.29, 1.82) is 0 Å². The quantitative estimate of drug-likeness (QED) is 0.0272. The predicted molar refractivity (Wildman–Crippen MR) is 353 cm³/mol. The summed E-state index contributed by atoms with van der Waals surface area (Å²) in [5.41, 5.74) is 0. The number of nitrogens with zero attached hydrogens (tertiary/aromatic N) is 1. The zero-order chi connectivity index (χ0) is 59.1. The fraction of sp³-hybridized carbons (Fsp3) is 0.931. The van der Waals surface area contributed by atoms with Gasteiger partial charge in [0, 0.05) is 6.42 Å². The highest BCUT2D eigenvalue weighted by Gasteiger charge is 2.23. The second kappa shape index (κ2) is 63.5. The molecule has 2 N–H and O–H groups in total. The minimum Gasteiger partial charge on any atom is -0.756 e. The number of phosphoric ester groups is 1. The molecule has 1 amide bonds. The fourth-order valence-corrected chi connectivity index (χ4v) is 12.0. The number of hydrogen-bond acceptors (Lipinski definition) is 6. The van der Waals surface area contributed by atoms with Crippen LogP contribution < -0.4 is 10.2 Å². The molecule has 0 aromatic heterocycles. The SMILES string of the molecule is CCCCCCCCCCCCCCCCCCCCCC/C=C/CC/C=C/C(O)C(COP(=O)([O-])OCC[N+](C)(C)C)NC(=O)CCCCCCCCCCCCCCCCCCCCCCCCCCCCCCCCCCC. The number of aliphatic hydroxyl groups excluding tert-OH is 1. The molecule has 81 heavy (non-hydrogen) atoms. The average molecular weight is 1160 g/mol. The van der Waals surface area contributed by atoms with Gasteiger partial charge in [-0.3, -0.25) is 9.36 Å². The van der Waals surface area contributed by atoms with Crippen molar-refractivity contribution in [2.75, 3.05) is 40.9 Å². The minimum absolute atomic E-state index is 0.00338. The first-order chi connectivity index (χ1) is 39.5. The van der Waals surface area contributed by atoms with Crippen molar-refractivity contribution in [2.45, 2.75) is 392 Å². The molecule has 0 rings (SSSR count). The maximum Gasteiger partial charge on any atom is 0.268 e. The minimum atomic E-state index is -4.61. The molecule has 0 aliphatic carbocycles. The molecule has 0 radical (unpaired) electrons. The smallest absolute Gasteiger partial charge is 0.268 e. The van der Waals surface area contributed by atoms with E-state index in [4.69, 9.17) is 9.05 Å². The number of quaternary nitrogens is 1. The summed E-state index contributed by atoms with van der Waals surface area (Å²) in [6.07, 6.45) is 83.2. The topological polar surface area (TPSA) is 108 Å². The number of hydrogen-bond donors (Lipinski definition) is 2. The van der Waals surface area contributed by atoms with Gasteiger partial charge in [0.1, 0.15) is 13.2 Å². The van der Waals surface area contributed by atoms with E-state index in [1.54, 1.807) is 6.08 Å². The number of carbonyl (C=O) groups excluding carboxylic acids is 1. The Balaban J connectivity index is 4.02. The number of carbonyl (C=O) groups is 1. The van der Waals surface area contributed by atoms with Crippen molar-refractivity contribution in [2.24, 2.45) is 0 Å². The maximum absolute atomic E-state index is 13.0. The second-order valence-electron chi connectivity index (χ2n) is 26.3. The Hall–Kier alpha value is -1.02. The van der Waals surface area contributed by atoms with Gasteiger partial charge in [0.25, 0.3) is 7.82 Å². The van der Waals surface area contributed by atoms with E-state index < -0.39 is 20.0 Å². The van der Waals surface area contributed by atoms with Gasteiger partial charge >= 0.3 is 0 Å². The number of phosphoric acid groups is 1. The Bertz CT molecular complexity index is 1370. The van der Waals surface area contributed by atoms with Crippen LogP contribution in [0.1, 0.15) is 380 Å². The van der Waals surface area contributed by atoms with E-state index in [9.17, 15) is 19.4 Å². The molecule has 9 heteroatoms. The molecule has 0 aromatic carbocycles. The molecule has 482 valence electrons. The third-order valence-corrected chi connectivity index (χ3v) is 17.9. The van der Waals surface area contributed by atoms with Crippen LogP contribution >= 0.6 is 7.82 Å². The molecule has 0 aromatic rings. The fourth-order valence-electron chi connectivity index (χ4n) is 11.3. The highest BCUT2D eigenvalue weighted by molar-refractivity contribution is 7.45. The van der Waals surface area contributed by atoms with Crippen molar-refractivity contribution < 1.29 is 32.9 Å². The van der Waals surface area contributed by atoms with Crippen LogP contribution in [0.3, 0.4) is 0 Å². The Labute approximate surface area is 506 Å². The van der Waals surface area contributed by atoms with Gasteiger partial charge in [0.15, 0.2) is 0 Å². The summed E-state index contributed by atoms with van der Waals surface area (Å²) in [6, 6.07) is -0.902. The molecular formula is C72H143N2O6P. The monoisotopic (exact) mass is 1160 g/mol. The van der Waals surface area contributed by atoms with Crippen LogP contribution in [-0.4, -0.2) is 68.5 Å². The number of aliphatic hydroxyl groups is 1. The highest BCUT2D eigenvalue weighted by Crippen LogP contribution is 2.38. The van der Waals surface area contributed by atoms with Gasteiger partial charge in [0.2, 0.25) is 5.91 Å². The van der Waals surface area contributed by atoms with E-state index in [0.29, 0.717) is 17.4 Å². The number of rotatable bonds is 68. The normalized spacial score (nSPS) is 13.7. The lowest BCUT2D eigenvalue weighted by Gasteiger charge is -2.29. The number of amides is 1. The van der Waals surface area contributed by atoms with Crippen molar-refractivity contribution in [3.8, 4) is 0 Å². The summed E-state index contributed by atoms with van der Waals surface area (Å²) in [4.78, 5) is 25.6. The molecule has 0 aliphatic heterocycles. The van der Waals surface area contributed by atoms with E-state index >= 15 is 0 Å². The number of allylic oxidation sites excluding steroid dienone is 3. The first-order valence-corrected chi connectivity index (χ1v) is 37.7. The summed E-state index contributed by atoms with van der Waals surface area (Å²) < 4.78 is 23.5. The summed E-state index contributed by atoms with van der Waals surface area (Å²) in [6.45, 7) is 4.70. The van der Waals surface area contributed by atoms with Crippen LogP contribution in [0.5, 0.6) is 0 Å². The van der Waals surface area contributed by atoms with Gasteiger partial charge in [-0.15, -0.1) is 0 Å². The molecule has 0 heterocycles. The zero-order valence-corrected chi connectivity index (χ0v) is 56.2. The standard InChI is InChI=1S/C72H143N2O6P/c1-6-8-10-12-14-16-18-20-22-24-26-28-30-32-34-35-36-37-38-39-40-42-44-46-48-50-52-54-56-58-60-62-64-66-72(76)73-70(69-80-81(77,78)79-68-67-74(3,4)5)71(75)65-63-61-59-57-55-53-51-49-47-45-43-41-33-31-29-27-25-23-21-19-17-15-13-11-9-7-2/h55,57,63,65,70-71,75H,6-54,56,58-62,64,66-69H2,1-5H3,(H-,73,76,77,78)/b57-55+,65-63+. The van der Waals surface area contributed by atoms with Crippen molar-refractivity contribution in [3.63, 3.8) is 0 Å². The number of likely N-dealkylation sites (N-methyl/N-ethyl adjacent to an activating group) is 1. The van der Waals surface area contributed by atoms with Crippen LogP contribution in [0.2, 0.25) is 0 Å². The van der Waals surface area contributed by atoms with Crippen LogP contribution in [0.25, 0.3) is 0 Å². The van der Waals surface area contributed by atoms with Crippen LogP contribution in [0.15, 0.2) is 24.3 Å². The van der Waals surface area contributed by atoms with E-state index in [2.05, 4.69) is 31.3 Å². The lowest BCUT2D eigenvalue weighted by Crippen LogP contribution is -2.45. The number of unbranched alkanes of at least 4 members (excludes halogenated alkanes) is 53. The lowest BCUT2D eigenvalue weighted by atomic mass is 10.0. The Morgan fingerprint density at radius 3 is 1.00 bits per heavy atom. The maximum atomic E-state index is 13.0. The summed E-state index contributed by atoms with van der Waals surface area (Å²) in [5.74, 6) is -0.198. The zero-order valence-electron chi connectivity index (χ0n) is 55.3. The summed E-state index contributed by atoms with van der Waals surface area (Å²) >= 11 is 0. The molecule has 0 spiro atoms. The molecule has 3 unspecified atom stereocenters. The van der Waals surface area contributed by atoms with E-state index in [0.717, 1.165) is 38.5 Å². The molecule has 0 saturated carbocycles. The summed E-state index contributed by atoms with van der Waals surface area (Å²) in [7, 11) is 1.26. The van der Waals surface area contributed by atoms with Gasteiger partial charge < -0.3 is 28.8 Å². The lowest BCUT2D eigenvalue weighted by molar-refractivity contribution is -0.870. The molecule has 0 saturated heterocycles. The Kier molecular flexibility index (Phi) is 62.7. The van der Waals surface area contributed by atoms with Crippen LogP contribution in [0.4, 0.5) is 0 Å². The first-order valence-electron chi connectivity index (χ1n) is 36.2. The molecular weight excluding hydrogens is 1020 g/mol. The third kappa shape index (κ3) is 66.4. The molecule has 0 fully saturated rings. The van der Waals surface area contributed by atoms with Gasteiger partial charge in [0.05, 0.1) is 39.9 Å². The largest absolute Gasteiger partial charge is 0.756 e. The van der Waals surface area contributed by atoms with Crippen LogP contribution in [-0.2, 0) is 18.4 Å². The van der Waals surface area contributed by atoms with Gasteiger partial charge in [-0.2, -0.15) is 0 Å². The average Bonchev–Trinajstić information content (AvgIpc) is 3.43. The predicted octanol–water partition coefficient (Wildman–Crippen LogP) is 22.4. The van der Waals surface area contributed by atoms with Crippen molar-refractivity contribution in [1.82, 2.24) is 5.32 Å². The van der Waals surface area contributed by atoms with Gasteiger partial charge in [-0.1, -0.05) is 366 Å². The van der Waals surface area contributed by atoms with Gasteiger partial charge in [-0.25, -0.2) is 0 Å². The molecule has 3 atom stereocenters. The van der Waals surface area contributed by atoms with Crippen LogP contribution in [0, 0.1) is 0 Å². The van der Waals surface area contributed by atoms with Crippen molar-refractivity contribution in [3.05, 3.63) is 24.3 Å². The molecule has 0 aliphatic rings. The molecule has 8 nitrogen and oxygen atoms in total. The van der Waals surface area contributed by atoms with E-state index in [-0.39, 0.29) is 19.1 Å². The number of nitrogens with one attached hydrogen (secondary N) is 1. The Morgan fingerprint density at radius 1 is 0.420 bits per heavy atom. The van der Waals surface area contributed by atoms with E-state index in [1.807, 2.05) is 27.2 Å². The van der Waals surface area contributed by atoms with E-state index in [1.165, 1.54) is 321 Å². The molecule has 0 bridgehead atoms. The highest BCUT2D eigenvalue weighted by atomic mass is 31.2. The Morgan fingerprint density at radius 2 is 0.691 bits per heavy atom. The van der Waals surface area contributed by atoms with Gasteiger partial charge in [-0.05, 0) is 32.1 Å². The second-order valence-corrected chi connectivity index (χ2v) is 27.7.